The van der Waals surface area contributed by atoms with Gasteiger partial charge in [0.1, 0.15) is 0 Å². The molecule has 8 heteroatoms. The van der Waals surface area contributed by atoms with Gasteiger partial charge in [-0.1, -0.05) is 24.7 Å². The first-order chi connectivity index (χ1) is 9.02. The Kier molecular flexibility index (Phi) is 3.70. The van der Waals surface area contributed by atoms with E-state index in [9.17, 15) is 19.5 Å². The minimum Gasteiger partial charge on any atom is -0.494 e. The van der Waals surface area contributed by atoms with Gasteiger partial charge in [0.05, 0.1) is 12.1 Å². The smallest absolute Gasteiger partial charge is 0.331 e. The molecule has 0 bridgehead atoms. The monoisotopic (exact) mass is 283 g/mol. The van der Waals surface area contributed by atoms with E-state index in [0.717, 1.165) is 15.9 Å². The second kappa shape index (κ2) is 5.27. The van der Waals surface area contributed by atoms with Crippen molar-refractivity contribution in [2.24, 2.45) is 0 Å². The normalized spacial score (nSPS) is 10.8. The standard InChI is InChI=1S/C11H13N3O4S/c1-2-3-7-8(15)13-10(17)14(9(7)16)4-6-5-19-11(18)12-6/h5,16H,2-4H2,1H3,(H,12,18)(H,13,15,17). The van der Waals surface area contributed by atoms with Gasteiger partial charge in [-0.2, -0.15) is 0 Å². The molecule has 2 aromatic rings. The van der Waals surface area contributed by atoms with E-state index in [-0.39, 0.29) is 22.9 Å². The van der Waals surface area contributed by atoms with Crippen molar-refractivity contribution < 1.29 is 5.11 Å². The van der Waals surface area contributed by atoms with E-state index in [1.54, 1.807) is 5.38 Å². The zero-order valence-electron chi connectivity index (χ0n) is 10.2. The van der Waals surface area contributed by atoms with Gasteiger partial charge >= 0.3 is 10.6 Å². The summed E-state index contributed by atoms with van der Waals surface area (Å²) in [5.41, 5.74) is -0.588. The summed E-state index contributed by atoms with van der Waals surface area (Å²) in [7, 11) is 0. The third-order valence-corrected chi connectivity index (χ3v) is 3.38. The maximum atomic E-state index is 11.7. The van der Waals surface area contributed by atoms with Crippen LogP contribution < -0.4 is 16.1 Å². The lowest BCUT2D eigenvalue weighted by atomic mass is 10.2. The number of aromatic hydroxyl groups is 1. The number of rotatable bonds is 4. The molecule has 0 aromatic carbocycles. The van der Waals surface area contributed by atoms with Crippen LogP contribution in [0.4, 0.5) is 0 Å². The molecule has 0 aliphatic carbocycles. The number of hydrogen-bond acceptors (Lipinski definition) is 5. The molecule has 2 rings (SSSR count). The van der Waals surface area contributed by atoms with Crippen LogP contribution in [0.3, 0.4) is 0 Å². The van der Waals surface area contributed by atoms with Gasteiger partial charge in [-0.3, -0.25) is 19.1 Å². The summed E-state index contributed by atoms with van der Waals surface area (Å²) in [6, 6.07) is 0. The highest BCUT2D eigenvalue weighted by molar-refractivity contribution is 7.07. The Hall–Kier alpha value is -2.09. The molecule has 2 heterocycles. The van der Waals surface area contributed by atoms with E-state index < -0.39 is 11.2 Å². The van der Waals surface area contributed by atoms with Gasteiger partial charge in [0.15, 0.2) is 0 Å². The SMILES string of the molecule is CCCc1c(O)n(Cc2csc(=O)[nH]2)c(=O)[nH]c1=O. The highest BCUT2D eigenvalue weighted by Gasteiger charge is 2.14. The summed E-state index contributed by atoms with van der Waals surface area (Å²) in [6.45, 7) is 1.88. The van der Waals surface area contributed by atoms with Crippen LogP contribution in [0.25, 0.3) is 0 Å². The molecule has 0 aliphatic heterocycles. The molecule has 0 atom stereocenters. The van der Waals surface area contributed by atoms with Crippen molar-refractivity contribution in [1.29, 1.82) is 0 Å². The van der Waals surface area contributed by atoms with Gasteiger partial charge in [-0.15, -0.1) is 0 Å². The van der Waals surface area contributed by atoms with E-state index in [4.69, 9.17) is 0 Å². The topological polar surface area (TPSA) is 108 Å². The maximum Gasteiger partial charge on any atom is 0.331 e. The van der Waals surface area contributed by atoms with Gasteiger partial charge in [0.25, 0.3) is 5.56 Å². The fourth-order valence-electron chi connectivity index (χ4n) is 1.78. The van der Waals surface area contributed by atoms with Crippen molar-refractivity contribution in [3.05, 3.63) is 47.1 Å². The molecule has 2 aromatic heterocycles. The molecule has 0 radical (unpaired) electrons. The zero-order valence-corrected chi connectivity index (χ0v) is 11.0. The van der Waals surface area contributed by atoms with Crippen molar-refractivity contribution in [1.82, 2.24) is 14.5 Å². The van der Waals surface area contributed by atoms with Crippen LogP contribution in [0.2, 0.25) is 0 Å². The van der Waals surface area contributed by atoms with Crippen LogP contribution in [0, 0.1) is 0 Å². The van der Waals surface area contributed by atoms with Crippen LogP contribution in [0.5, 0.6) is 5.88 Å². The van der Waals surface area contributed by atoms with Gasteiger partial charge in [-0.25, -0.2) is 4.79 Å². The van der Waals surface area contributed by atoms with Crippen molar-refractivity contribution in [3.8, 4) is 5.88 Å². The molecule has 0 aliphatic rings. The lowest BCUT2D eigenvalue weighted by Gasteiger charge is -2.09. The average Bonchev–Trinajstić information content (AvgIpc) is 2.76. The maximum absolute atomic E-state index is 11.7. The third-order valence-electron chi connectivity index (χ3n) is 2.66. The van der Waals surface area contributed by atoms with Crippen molar-refractivity contribution in [3.63, 3.8) is 0 Å². The highest BCUT2D eigenvalue weighted by Crippen LogP contribution is 2.13. The molecule has 102 valence electrons. The predicted molar refractivity (Wildman–Crippen MR) is 71.0 cm³/mol. The molecule has 7 nitrogen and oxygen atoms in total. The number of aromatic amines is 2. The summed E-state index contributed by atoms with van der Waals surface area (Å²) in [6.07, 6.45) is 1.05. The number of hydrogen-bond donors (Lipinski definition) is 3. The predicted octanol–water partition coefficient (Wildman–Crippen LogP) is -0.00720. The van der Waals surface area contributed by atoms with Crippen molar-refractivity contribution >= 4 is 11.3 Å². The minimum atomic E-state index is -0.700. The van der Waals surface area contributed by atoms with Gasteiger partial charge < -0.3 is 10.1 Å². The number of H-pyrrole nitrogens is 2. The first-order valence-electron chi connectivity index (χ1n) is 5.74. The fourth-order valence-corrected chi connectivity index (χ4v) is 2.36. The minimum absolute atomic E-state index is 0.0108. The Bertz CT molecular complexity index is 752. The van der Waals surface area contributed by atoms with Crippen molar-refractivity contribution in [2.75, 3.05) is 0 Å². The molecule has 0 spiro atoms. The Labute approximate surface area is 111 Å². The van der Waals surface area contributed by atoms with Gasteiger partial charge in [0, 0.05) is 11.1 Å². The lowest BCUT2D eigenvalue weighted by Crippen LogP contribution is -2.32. The highest BCUT2D eigenvalue weighted by atomic mass is 32.1. The Morgan fingerprint density at radius 1 is 1.32 bits per heavy atom. The Balaban J connectivity index is 2.50. The van der Waals surface area contributed by atoms with Gasteiger partial charge in [-0.05, 0) is 6.42 Å². The molecule has 0 saturated heterocycles. The molecular weight excluding hydrogens is 270 g/mol. The fraction of sp³-hybridized carbons (Fsp3) is 0.364. The lowest BCUT2D eigenvalue weighted by molar-refractivity contribution is 0.400. The first-order valence-corrected chi connectivity index (χ1v) is 6.62. The first kappa shape index (κ1) is 13.3. The molecule has 0 saturated carbocycles. The van der Waals surface area contributed by atoms with Gasteiger partial charge in [0.2, 0.25) is 5.88 Å². The summed E-state index contributed by atoms with van der Waals surface area (Å²) in [4.78, 5) is 38.8. The number of aromatic nitrogens is 3. The molecule has 19 heavy (non-hydrogen) atoms. The van der Waals surface area contributed by atoms with E-state index in [2.05, 4.69) is 9.97 Å². The quantitative estimate of drug-likeness (QED) is 0.733. The zero-order chi connectivity index (χ0) is 14.0. The second-order valence-corrected chi connectivity index (χ2v) is 4.91. The third kappa shape index (κ3) is 2.68. The van der Waals surface area contributed by atoms with Crippen LogP contribution in [0.1, 0.15) is 24.6 Å². The van der Waals surface area contributed by atoms with E-state index in [1.807, 2.05) is 6.92 Å². The van der Waals surface area contributed by atoms with Crippen LogP contribution in [-0.4, -0.2) is 19.6 Å². The molecule has 3 N–H and O–H groups in total. The average molecular weight is 283 g/mol. The Morgan fingerprint density at radius 2 is 2.05 bits per heavy atom. The number of nitrogens with zero attached hydrogens (tertiary/aromatic N) is 1. The molecule has 0 amide bonds. The number of nitrogens with one attached hydrogen (secondary N) is 2. The Morgan fingerprint density at radius 3 is 2.63 bits per heavy atom. The van der Waals surface area contributed by atoms with Crippen LogP contribution >= 0.6 is 11.3 Å². The molecule has 0 fully saturated rings. The van der Waals surface area contributed by atoms with E-state index in [0.29, 0.717) is 18.5 Å². The summed E-state index contributed by atoms with van der Waals surface area (Å²) in [5, 5.41) is 11.6. The summed E-state index contributed by atoms with van der Waals surface area (Å²) in [5.74, 6) is -0.345. The second-order valence-electron chi connectivity index (χ2n) is 4.07. The van der Waals surface area contributed by atoms with Crippen LogP contribution in [-0.2, 0) is 13.0 Å². The summed E-state index contributed by atoms with van der Waals surface area (Å²) < 4.78 is 1.03. The molecular formula is C11H13N3O4S. The van der Waals surface area contributed by atoms with Crippen molar-refractivity contribution in [2.45, 2.75) is 26.3 Å². The van der Waals surface area contributed by atoms with Crippen LogP contribution in [0.15, 0.2) is 19.8 Å². The number of thiazole rings is 1. The van der Waals surface area contributed by atoms with E-state index >= 15 is 0 Å². The van der Waals surface area contributed by atoms with E-state index in [1.165, 1.54) is 0 Å². The molecule has 0 unspecified atom stereocenters. The summed E-state index contributed by atoms with van der Waals surface area (Å²) >= 11 is 0.973. The largest absolute Gasteiger partial charge is 0.494 e.